The highest BCUT2D eigenvalue weighted by Crippen LogP contribution is 2.19. The second kappa shape index (κ2) is 7.92. The quantitative estimate of drug-likeness (QED) is 0.501. The van der Waals surface area contributed by atoms with E-state index in [0.29, 0.717) is 15.6 Å². The molecule has 0 bridgehead atoms. The molecule has 132 valence electrons. The second-order valence-electron chi connectivity index (χ2n) is 5.13. The van der Waals surface area contributed by atoms with Crippen LogP contribution in [0.4, 0.5) is 10.1 Å². The number of oxazole rings is 1. The van der Waals surface area contributed by atoms with Crippen LogP contribution in [0.1, 0.15) is 5.89 Å². The Labute approximate surface area is 155 Å². The van der Waals surface area contributed by atoms with Crippen molar-refractivity contribution in [1.29, 1.82) is 0 Å². The number of nitrogens with zero attached hydrogens (tertiary/aromatic N) is 1. The monoisotopic (exact) mass is 418 g/mol. The number of hydrogen-bond acceptors (Lipinski definition) is 5. The highest BCUT2D eigenvalue weighted by atomic mass is 79.9. The lowest BCUT2D eigenvalue weighted by Gasteiger charge is -2.06. The Morgan fingerprint density at radius 3 is 2.85 bits per heavy atom. The van der Waals surface area contributed by atoms with Crippen LogP contribution in [0.5, 0.6) is 0 Å². The number of para-hydroxylation sites is 2. The summed E-state index contributed by atoms with van der Waals surface area (Å²) < 4.78 is 24.4. The van der Waals surface area contributed by atoms with Crippen LogP contribution in [0.2, 0.25) is 0 Å². The molecule has 8 heteroatoms. The average Bonchev–Trinajstić information content (AvgIpc) is 3.03. The van der Waals surface area contributed by atoms with Crippen LogP contribution in [0.15, 0.2) is 57.4 Å². The average molecular weight is 419 g/mol. The van der Waals surface area contributed by atoms with E-state index in [1.54, 1.807) is 18.2 Å². The van der Waals surface area contributed by atoms with Gasteiger partial charge in [0, 0.05) is 16.6 Å². The number of benzene rings is 2. The molecule has 1 amide bonds. The van der Waals surface area contributed by atoms with Crippen LogP contribution in [0, 0.1) is 5.82 Å². The van der Waals surface area contributed by atoms with Gasteiger partial charge in [0.05, 0.1) is 5.69 Å². The largest absolute Gasteiger partial charge is 0.452 e. The van der Waals surface area contributed by atoms with E-state index in [0.717, 1.165) is 6.08 Å². The molecule has 0 unspecified atom stereocenters. The zero-order valence-electron chi connectivity index (χ0n) is 13.2. The molecule has 1 aromatic heterocycles. The van der Waals surface area contributed by atoms with Crippen LogP contribution < -0.4 is 5.32 Å². The summed E-state index contributed by atoms with van der Waals surface area (Å²) in [7, 11) is 0. The van der Waals surface area contributed by atoms with E-state index < -0.39 is 24.3 Å². The lowest BCUT2D eigenvalue weighted by molar-refractivity contribution is -0.142. The molecule has 6 nitrogen and oxygen atoms in total. The summed E-state index contributed by atoms with van der Waals surface area (Å²) in [5.41, 5.74) is 1.25. The fourth-order valence-electron chi connectivity index (χ4n) is 2.06. The fraction of sp³-hybridized carbons (Fsp3) is 0.0556. The van der Waals surface area contributed by atoms with Gasteiger partial charge in [-0.1, -0.05) is 28.1 Å². The molecule has 0 spiro atoms. The van der Waals surface area contributed by atoms with Gasteiger partial charge >= 0.3 is 5.97 Å². The molecular formula is C18H12BrFN2O4. The van der Waals surface area contributed by atoms with E-state index in [-0.39, 0.29) is 11.6 Å². The van der Waals surface area contributed by atoms with Crippen LogP contribution in [-0.2, 0) is 14.3 Å². The highest BCUT2D eigenvalue weighted by Gasteiger charge is 2.10. The Morgan fingerprint density at radius 2 is 2.08 bits per heavy atom. The zero-order valence-corrected chi connectivity index (χ0v) is 14.8. The first-order valence-electron chi connectivity index (χ1n) is 7.46. The molecule has 0 radical (unpaired) electrons. The summed E-state index contributed by atoms with van der Waals surface area (Å²) in [4.78, 5) is 27.6. The summed E-state index contributed by atoms with van der Waals surface area (Å²) in [5.74, 6) is -1.77. The third kappa shape index (κ3) is 4.54. The number of ether oxygens (including phenoxy) is 1. The predicted molar refractivity (Wildman–Crippen MR) is 96.7 cm³/mol. The summed E-state index contributed by atoms with van der Waals surface area (Å²) in [6.07, 6.45) is 2.44. The first-order chi connectivity index (χ1) is 12.5. The summed E-state index contributed by atoms with van der Waals surface area (Å²) in [6, 6.07) is 11.3. The van der Waals surface area contributed by atoms with Gasteiger partial charge in [-0.2, -0.15) is 0 Å². The topological polar surface area (TPSA) is 81.4 Å². The van der Waals surface area contributed by atoms with Crippen molar-refractivity contribution in [1.82, 2.24) is 4.98 Å². The third-order valence-corrected chi connectivity index (χ3v) is 3.72. The van der Waals surface area contributed by atoms with Gasteiger partial charge in [-0.3, -0.25) is 4.79 Å². The van der Waals surface area contributed by atoms with Crippen molar-refractivity contribution >= 4 is 50.7 Å². The number of amides is 1. The standard InChI is InChI=1S/C18H12BrFN2O4/c19-11-5-6-13(12(20)9-11)21-16(23)10-25-18(24)8-7-17-22-14-3-1-2-4-15(14)26-17/h1-9H,10H2,(H,21,23)/b8-7+. The van der Waals surface area contributed by atoms with Gasteiger partial charge in [-0.05, 0) is 30.3 Å². The van der Waals surface area contributed by atoms with E-state index in [1.165, 1.54) is 18.2 Å². The molecule has 3 aromatic rings. The minimum absolute atomic E-state index is 0.00346. The number of aromatic nitrogens is 1. The molecule has 3 rings (SSSR count). The van der Waals surface area contributed by atoms with Crippen molar-refractivity contribution in [3.05, 3.63) is 64.7 Å². The number of rotatable bonds is 5. The highest BCUT2D eigenvalue weighted by molar-refractivity contribution is 9.10. The molecule has 0 atom stereocenters. The lowest BCUT2D eigenvalue weighted by atomic mass is 10.3. The van der Waals surface area contributed by atoms with Gasteiger partial charge in [-0.25, -0.2) is 14.2 Å². The van der Waals surface area contributed by atoms with Crippen LogP contribution in [0.3, 0.4) is 0 Å². The number of fused-ring (bicyclic) bond motifs is 1. The molecule has 1 N–H and O–H groups in total. The normalized spacial score (nSPS) is 11.0. The predicted octanol–water partition coefficient (Wildman–Crippen LogP) is 3.92. The molecule has 0 aliphatic rings. The Bertz CT molecular complexity index is 967. The van der Waals surface area contributed by atoms with Crippen LogP contribution >= 0.6 is 15.9 Å². The summed E-state index contributed by atoms with van der Waals surface area (Å²) in [6.45, 7) is -0.549. The number of hydrogen-bond donors (Lipinski definition) is 1. The lowest BCUT2D eigenvalue weighted by Crippen LogP contribution is -2.20. The zero-order chi connectivity index (χ0) is 18.5. The van der Waals surface area contributed by atoms with Crippen molar-refractivity contribution in [3.63, 3.8) is 0 Å². The third-order valence-electron chi connectivity index (χ3n) is 3.22. The van der Waals surface area contributed by atoms with Gasteiger partial charge in [0.15, 0.2) is 12.2 Å². The van der Waals surface area contributed by atoms with E-state index >= 15 is 0 Å². The number of esters is 1. The summed E-state index contributed by atoms with van der Waals surface area (Å²) in [5, 5.41) is 2.32. The van der Waals surface area contributed by atoms with Crippen LogP contribution in [0.25, 0.3) is 17.2 Å². The van der Waals surface area contributed by atoms with Gasteiger partial charge < -0.3 is 14.5 Å². The van der Waals surface area contributed by atoms with E-state index in [1.807, 2.05) is 12.1 Å². The Hall–Kier alpha value is -3.00. The first kappa shape index (κ1) is 17.8. The maximum Gasteiger partial charge on any atom is 0.331 e. The molecule has 1 heterocycles. The van der Waals surface area contributed by atoms with E-state index in [9.17, 15) is 14.0 Å². The summed E-state index contributed by atoms with van der Waals surface area (Å²) >= 11 is 3.12. The number of carbonyl (C=O) groups is 2. The Kier molecular flexibility index (Phi) is 5.43. The molecule has 0 saturated carbocycles. The smallest absolute Gasteiger partial charge is 0.331 e. The number of carbonyl (C=O) groups excluding carboxylic acids is 2. The molecule has 0 aliphatic heterocycles. The van der Waals surface area contributed by atoms with Crippen LogP contribution in [-0.4, -0.2) is 23.5 Å². The van der Waals surface area contributed by atoms with Gasteiger partial charge in [0.25, 0.3) is 5.91 Å². The minimum atomic E-state index is -0.751. The Balaban J connectivity index is 1.52. The second-order valence-corrected chi connectivity index (χ2v) is 6.05. The molecule has 26 heavy (non-hydrogen) atoms. The van der Waals surface area contributed by atoms with Crippen molar-refractivity contribution in [2.45, 2.75) is 0 Å². The fourth-order valence-corrected chi connectivity index (χ4v) is 2.40. The molecule has 0 fully saturated rings. The van der Waals surface area contributed by atoms with Gasteiger partial charge in [0.2, 0.25) is 5.89 Å². The van der Waals surface area contributed by atoms with Gasteiger partial charge in [0.1, 0.15) is 11.3 Å². The molecule has 0 saturated heterocycles. The molecular weight excluding hydrogens is 407 g/mol. The number of halogens is 2. The van der Waals surface area contributed by atoms with Crippen molar-refractivity contribution in [3.8, 4) is 0 Å². The van der Waals surface area contributed by atoms with E-state index in [2.05, 4.69) is 26.2 Å². The van der Waals surface area contributed by atoms with Crippen molar-refractivity contribution in [2.24, 2.45) is 0 Å². The maximum atomic E-state index is 13.6. The SMILES string of the molecule is O=C(COC(=O)/C=C/c1nc2ccccc2o1)Nc1ccc(Br)cc1F. The molecule has 2 aromatic carbocycles. The first-order valence-corrected chi connectivity index (χ1v) is 8.26. The van der Waals surface area contributed by atoms with Gasteiger partial charge in [-0.15, -0.1) is 0 Å². The molecule has 0 aliphatic carbocycles. The number of anilines is 1. The minimum Gasteiger partial charge on any atom is -0.452 e. The van der Waals surface area contributed by atoms with E-state index in [4.69, 9.17) is 9.15 Å². The van der Waals surface area contributed by atoms with Crippen molar-refractivity contribution < 1.29 is 23.1 Å². The van der Waals surface area contributed by atoms with Crippen molar-refractivity contribution in [2.75, 3.05) is 11.9 Å². The Morgan fingerprint density at radius 1 is 1.27 bits per heavy atom. The maximum absolute atomic E-state index is 13.6. The number of nitrogens with one attached hydrogen (secondary N) is 1.